The lowest BCUT2D eigenvalue weighted by molar-refractivity contribution is -0.125. The van der Waals surface area contributed by atoms with Crippen LogP contribution in [0.2, 0.25) is 0 Å². The Hall–Kier alpha value is -3.82. The molecule has 0 saturated carbocycles. The van der Waals surface area contributed by atoms with Crippen LogP contribution in [0, 0.1) is 17.5 Å². The average Bonchev–Trinajstić information content (AvgIpc) is 3.15. The maximum atomic E-state index is 13.4. The molecule has 0 fully saturated rings. The van der Waals surface area contributed by atoms with Crippen molar-refractivity contribution in [2.24, 2.45) is 0 Å². The molecule has 0 aliphatic carbocycles. The normalized spacial score (nSPS) is 15.3. The highest BCUT2D eigenvalue weighted by molar-refractivity contribution is 6.03. The van der Waals surface area contributed by atoms with Crippen LogP contribution in [-0.2, 0) is 9.59 Å². The first-order valence-corrected chi connectivity index (χ1v) is 8.84. The number of fused-ring (bicyclic) bond motifs is 1. The summed E-state index contributed by atoms with van der Waals surface area (Å²) in [6.45, 7) is 0. The summed E-state index contributed by atoms with van der Waals surface area (Å²) in [5, 5.41) is 9.20. The second-order valence-electron chi connectivity index (χ2n) is 6.59. The monoisotopic (exact) mass is 416 g/mol. The van der Waals surface area contributed by atoms with Crippen molar-refractivity contribution in [3.05, 3.63) is 60.0 Å². The molecule has 0 spiro atoms. The number of anilines is 2. The predicted octanol–water partition coefficient (Wildman–Crippen LogP) is 3.50. The third kappa shape index (κ3) is 3.47. The van der Waals surface area contributed by atoms with Gasteiger partial charge in [0.15, 0.2) is 17.5 Å². The number of halogens is 3. The van der Waals surface area contributed by atoms with Gasteiger partial charge in [0.05, 0.1) is 19.7 Å². The highest BCUT2D eigenvalue weighted by atomic mass is 19.2. The smallest absolute Gasteiger partial charge is 0.249 e. The second kappa shape index (κ2) is 7.54. The van der Waals surface area contributed by atoms with Gasteiger partial charge in [0, 0.05) is 23.4 Å². The lowest BCUT2D eigenvalue weighted by Crippen LogP contribution is -2.35. The van der Waals surface area contributed by atoms with Crippen molar-refractivity contribution in [1.82, 2.24) is 9.78 Å². The fourth-order valence-electron chi connectivity index (χ4n) is 3.21. The first-order chi connectivity index (χ1) is 14.4. The predicted molar refractivity (Wildman–Crippen MR) is 101 cm³/mol. The molecule has 1 aromatic heterocycles. The molecule has 10 heteroatoms. The standard InChI is InChI=1S/C20H15F3N4O3/c1-30-12-4-2-10(3-5-12)13-9-24-27-16(8-17(28)26-19(13)27)20(29)25-11-6-14(21)18(23)15(22)7-11/h2-7,9,16H,8H2,1H3,(H,25,29)(H,26,28)/t16-/m0/s1. The van der Waals surface area contributed by atoms with Crippen molar-refractivity contribution in [2.45, 2.75) is 12.5 Å². The van der Waals surface area contributed by atoms with E-state index in [4.69, 9.17) is 4.74 Å². The van der Waals surface area contributed by atoms with Gasteiger partial charge in [-0.25, -0.2) is 17.9 Å². The summed E-state index contributed by atoms with van der Waals surface area (Å²) in [6, 6.07) is 7.29. The van der Waals surface area contributed by atoms with Gasteiger partial charge in [-0.05, 0) is 17.7 Å². The molecule has 7 nitrogen and oxygen atoms in total. The Kier molecular flexibility index (Phi) is 4.90. The van der Waals surface area contributed by atoms with Crippen LogP contribution in [0.4, 0.5) is 24.7 Å². The minimum atomic E-state index is -1.64. The van der Waals surface area contributed by atoms with Crippen LogP contribution in [0.3, 0.4) is 0 Å². The van der Waals surface area contributed by atoms with E-state index < -0.39 is 35.3 Å². The number of methoxy groups -OCH3 is 1. The zero-order chi connectivity index (χ0) is 21.4. The molecule has 1 atom stereocenters. The van der Waals surface area contributed by atoms with Crippen molar-refractivity contribution < 1.29 is 27.5 Å². The molecule has 0 bridgehead atoms. The van der Waals surface area contributed by atoms with E-state index in [0.717, 1.165) is 5.56 Å². The fourth-order valence-corrected chi connectivity index (χ4v) is 3.21. The molecule has 1 aliphatic rings. The summed E-state index contributed by atoms with van der Waals surface area (Å²) >= 11 is 0. The maximum Gasteiger partial charge on any atom is 0.249 e. The SMILES string of the molecule is COc1ccc(-c2cnn3c2NC(=O)C[C@H]3C(=O)Nc2cc(F)c(F)c(F)c2)cc1. The second-order valence-corrected chi connectivity index (χ2v) is 6.59. The van der Waals surface area contributed by atoms with Crippen molar-refractivity contribution in [2.75, 3.05) is 17.7 Å². The number of benzene rings is 2. The van der Waals surface area contributed by atoms with Gasteiger partial charge in [0.2, 0.25) is 11.8 Å². The van der Waals surface area contributed by atoms with Crippen molar-refractivity contribution in [3.63, 3.8) is 0 Å². The molecule has 2 aromatic carbocycles. The summed E-state index contributed by atoms with van der Waals surface area (Å²) in [5.41, 5.74) is 1.05. The van der Waals surface area contributed by atoms with Crippen LogP contribution in [0.1, 0.15) is 12.5 Å². The molecule has 2 amide bonds. The number of nitrogens with one attached hydrogen (secondary N) is 2. The van der Waals surface area contributed by atoms with Crippen LogP contribution < -0.4 is 15.4 Å². The van der Waals surface area contributed by atoms with E-state index in [1.54, 1.807) is 31.4 Å². The van der Waals surface area contributed by atoms with Gasteiger partial charge in [-0.15, -0.1) is 0 Å². The van der Waals surface area contributed by atoms with Gasteiger partial charge >= 0.3 is 0 Å². The minimum Gasteiger partial charge on any atom is -0.497 e. The van der Waals surface area contributed by atoms with Gasteiger partial charge in [-0.3, -0.25) is 9.59 Å². The Balaban J connectivity index is 1.64. The molecule has 0 radical (unpaired) electrons. The molecule has 3 aromatic rings. The van der Waals surface area contributed by atoms with Gasteiger partial charge in [0.1, 0.15) is 17.6 Å². The van der Waals surface area contributed by atoms with Gasteiger partial charge in [-0.2, -0.15) is 5.10 Å². The highest BCUT2D eigenvalue weighted by Gasteiger charge is 2.33. The maximum absolute atomic E-state index is 13.4. The summed E-state index contributed by atoms with van der Waals surface area (Å²) in [7, 11) is 1.54. The van der Waals surface area contributed by atoms with Crippen LogP contribution in [-0.4, -0.2) is 28.7 Å². The summed E-state index contributed by atoms with van der Waals surface area (Å²) < 4.78 is 46.4. The highest BCUT2D eigenvalue weighted by Crippen LogP contribution is 2.35. The largest absolute Gasteiger partial charge is 0.497 e. The molecule has 1 aliphatic heterocycles. The molecule has 2 heterocycles. The lowest BCUT2D eigenvalue weighted by Gasteiger charge is -2.24. The molecule has 0 saturated heterocycles. The van der Waals surface area contributed by atoms with Gasteiger partial charge < -0.3 is 15.4 Å². The zero-order valence-corrected chi connectivity index (χ0v) is 15.6. The van der Waals surface area contributed by atoms with Crippen molar-refractivity contribution in [1.29, 1.82) is 0 Å². The molecule has 0 unspecified atom stereocenters. The fraction of sp³-hybridized carbons (Fsp3) is 0.150. The van der Waals surface area contributed by atoms with E-state index >= 15 is 0 Å². The number of ether oxygens (including phenoxy) is 1. The summed E-state index contributed by atoms with van der Waals surface area (Å²) in [6.07, 6.45) is 1.27. The van der Waals surface area contributed by atoms with E-state index in [0.29, 0.717) is 29.3 Å². The number of hydrogen-bond acceptors (Lipinski definition) is 4. The first-order valence-electron chi connectivity index (χ1n) is 8.84. The third-order valence-corrected chi connectivity index (χ3v) is 4.68. The van der Waals surface area contributed by atoms with E-state index in [-0.39, 0.29) is 12.1 Å². The van der Waals surface area contributed by atoms with E-state index in [1.807, 2.05) is 0 Å². The molecule has 30 heavy (non-hydrogen) atoms. The molecule has 154 valence electrons. The molecule has 2 N–H and O–H groups in total. The van der Waals surface area contributed by atoms with E-state index in [1.165, 1.54) is 10.9 Å². The van der Waals surface area contributed by atoms with E-state index in [9.17, 15) is 22.8 Å². The summed E-state index contributed by atoms with van der Waals surface area (Å²) in [4.78, 5) is 24.9. The number of carbonyl (C=O) groups excluding carboxylic acids is 2. The number of nitrogens with zero attached hydrogens (tertiary/aromatic N) is 2. The number of hydrogen-bond donors (Lipinski definition) is 2. The van der Waals surface area contributed by atoms with Gasteiger partial charge in [-0.1, -0.05) is 12.1 Å². The number of aromatic nitrogens is 2. The Bertz CT molecular complexity index is 1120. The zero-order valence-electron chi connectivity index (χ0n) is 15.6. The third-order valence-electron chi connectivity index (χ3n) is 4.68. The number of rotatable bonds is 4. The van der Waals surface area contributed by atoms with E-state index in [2.05, 4.69) is 15.7 Å². The van der Waals surface area contributed by atoms with Crippen molar-refractivity contribution in [3.8, 4) is 16.9 Å². The topological polar surface area (TPSA) is 85.2 Å². The first kappa shape index (κ1) is 19.5. The quantitative estimate of drug-likeness (QED) is 0.638. The Labute approximate surface area is 168 Å². The van der Waals surface area contributed by atoms with Gasteiger partial charge in [0.25, 0.3) is 0 Å². The Morgan fingerprint density at radius 1 is 1.20 bits per heavy atom. The number of carbonyl (C=O) groups is 2. The summed E-state index contributed by atoms with van der Waals surface area (Å²) in [5.74, 6) is -4.69. The molecular formula is C20H15F3N4O3. The Morgan fingerprint density at radius 3 is 2.50 bits per heavy atom. The average molecular weight is 416 g/mol. The van der Waals surface area contributed by atoms with Crippen molar-refractivity contribution >= 4 is 23.3 Å². The van der Waals surface area contributed by atoms with Crippen LogP contribution in [0.25, 0.3) is 11.1 Å². The molecule has 4 rings (SSSR count). The Morgan fingerprint density at radius 2 is 1.87 bits per heavy atom. The molecular weight excluding hydrogens is 401 g/mol. The van der Waals surface area contributed by atoms with Crippen LogP contribution in [0.5, 0.6) is 5.75 Å². The number of amides is 2. The van der Waals surface area contributed by atoms with Crippen LogP contribution in [0.15, 0.2) is 42.6 Å². The minimum absolute atomic E-state index is 0.227. The van der Waals surface area contributed by atoms with Crippen LogP contribution >= 0.6 is 0 Å². The lowest BCUT2D eigenvalue weighted by atomic mass is 10.1.